The Morgan fingerprint density at radius 3 is 2.62 bits per heavy atom. The number of carbonyl (C=O) groups excluding carboxylic acids is 1. The van der Waals surface area contributed by atoms with Gasteiger partial charge in [0, 0.05) is 4.47 Å². The third-order valence-corrected chi connectivity index (χ3v) is 6.12. The number of ether oxygens (including phenoxy) is 1. The van der Waals surface area contributed by atoms with Crippen molar-refractivity contribution in [2.45, 2.75) is 45.3 Å². The van der Waals surface area contributed by atoms with E-state index in [0.29, 0.717) is 23.8 Å². The molecule has 2 saturated carbocycles. The van der Waals surface area contributed by atoms with Gasteiger partial charge in [0.05, 0.1) is 11.2 Å². The first-order valence-corrected chi connectivity index (χ1v) is 8.20. The molecule has 1 aromatic rings. The van der Waals surface area contributed by atoms with E-state index in [0.717, 1.165) is 10.9 Å². The van der Waals surface area contributed by atoms with Gasteiger partial charge in [-0.05, 0) is 65.1 Å². The Morgan fingerprint density at radius 2 is 1.95 bits per heavy atom. The maximum Gasteiger partial charge on any atom is 0.339 e. The van der Waals surface area contributed by atoms with Crippen molar-refractivity contribution in [1.29, 1.82) is 0 Å². The van der Waals surface area contributed by atoms with Crippen LogP contribution in [-0.4, -0.2) is 22.8 Å². The summed E-state index contributed by atoms with van der Waals surface area (Å²) in [5.41, 5.74) is -0.171. The highest BCUT2D eigenvalue weighted by atomic mass is 79.9. The van der Waals surface area contributed by atoms with Gasteiger partial charge in [-0.2, -0.15) is 0 Å². The zero-order chi connectivity index (χ0) is 15.4. The molecule has 2 fully saturated rings. The summed E-state index contributed by atoms with van der Waals surface area (Å²) in [6.07, 6.45) is 1.03. The Hall–Kier alpha value is -0.870. The molecule has 0 unspecified atom stereocenters. The van der Waals surface area contributed by atoms with Crippen LogP contribution < -0.4 is 0 Å². The standard InChI is InChI=1S/C17H21BrO3/c1-16(2)11-8-14(17(3,20)9-12(11)16)21-15(19)10-6-4-5-7-13(10)18/h4-7,11-12,14,20H,8-9H2,1-3H3/t11-,12+,14+,17+/m0/s1. The topological polar surface area (TPSA) is 46.5 Å². The molecule has 4 heteroatoms. The number of carbonyl (C=O) groups is 1. The van der Waals surface area contributed by atoms with Gasteiger partial charge >= 0.3 is 5.97 Å². The molecule has 3 rings (SSSR count). The number of esters is 1. The minimum Gasteiger partial charge on any atom is -0.456 e. The lowest BCUT2D eigenvalue weighted by molar-refractivity contribution is -0.0986. The van der Waals surface area contributed by atoms with Gasteiger partial charge in [0.2, 0.25) is 0 Å². The van der Waals surface area contributed by atoms with Crippen LogP contribution in [0.1, 0.15) is 44.0 Å². The summed E-state index contributed by atoms with van der Waals surface area (Å²) in [5, 5.41) is 10.6. The molecule has 0 spiro atoms. The van der Waals surface area contributed by atoms with Gasteiger partial charge < -0.3 is 9.84 Å². The molecular formula is C17H21BrO3. The van der Waals surface area contributed by atoms with Crippen molar-refractivity contribution < 1.29 is 14.6 Å². The molecule has 0 saturated heterocycles. The van der Waals surface area contributed by atoms with E-state index < -0.39 is 11.7 Å². The van der Waals surface area contributed by atoms with Gasteiger partial charge in [-0.25, -0.2) is 4.79 Å². The zero-order valence-corrected chi connectivity index (χ0v) is 14.2. The average molecular weight is 353 g/mol. The maximum atomic E-state index is 12.3. The molecule has 2 aliphatic rings. The van der Waals surface area contributed by atoms with E-state index in [4.69, 9.17) is 4.74 Å². The first-order chi connectivity index (χ1) is 9.73. The molecule has 0 heterocycles. The SMILES string of the molecule is CC1(C)[C@@H]2C[C@@](C)(O)[C@H](OC(=O)c3ccccc3Br)C[C@@H]21. The fourth-order valence-electron chi connectivity index (χ4n) is 3.79. The molecule has 1 aromatic carbocycles. The second-order valence-electron chi connectivity index (χ2n) is 7.21. The summed E-state index contributed by atoms with van der Waals surface area (Å²) in [6, 6.07) is 7.21. The molecule has 1 N–H and O–H groups in total. The van der Waals surface area contributed by atoms with Crippen molar-refractivity contribution in [2.75, 3.05) is 0 Å². The summed E-state index contributed by atoms with van der Waals surface area (Å²) in [7, 11) is 0. The van der Waals surface area contributed by atoms with E-state index in [1.807, 2.05) is 12.1 Å². The first kappa shape index (κ1) is 15.0. The van der Waals surface area contributed by atoms with E-state index in [-0.39, 0.29) is 11.4 Å². The normalized spacial score (nSPS) is 36.7. The number of aliphatic hydroxyl groups is 1. The van der Waals surface area contributed by atoms with Crippen LogP contribution in [0.15, 0.2) is 28.7 Å². The van der Waals surface area contributed by atoms with Crippen molar-refractivity contribution >= 4 is 21.9 Å². The number of fused-ring (bicyclic) bond motifs is 1. The molecule has 0 aliphatic heterocycles. The van der Waals surface area contributed by atoms with Crippen LogP contribution in [0.3, 0.4) is 0 Å². The van der Waals surface area contributed by atoms with Crippen molar-refractivity contribution in [1.82, 2.24) is 0 Å². The quantitative estimate of drug-likeness (QED) is 0.823. The monoisotopic (exact) mass is 352 g/mol. The molecule has 0 aromatic heterocycles. The zero-order valence-electron chi connectivity index (χ0n) is 12.6. The lowest BCUT2D eigenvalue weighted by Gasteiger charge is -2.36. The summed E-state index contributed by atoms with van der Waals surface area (Å²) in [5.74, 6) is 0.727. The van der Waals surface area contributed by atoms with Crippen LogP contribution in [0.4, 0.5) is 0 Å². The highest BCUT2D eigenvalue weighted by Gasteiger charge is 2.64. The number of benzene rings is 1. The Labute approximate surface area is 133 Å². The number of hydrogen-bond donors (Lipinski definition) is 1. The molecule has 2 aliphatic carbocycles. The van der Waals surface area contributed by atoms with Crippen LogP contribution in [0.25, 0.3) is 0 Å². The second-order valence-corrected chi connectivity index (χ2v) is 8.06. The second kappa shape index (κ2) is 4.82. The van der Waals surface area contributed by atoms with Crippen LogP contribution in [0, 0.1) is 17.3 Å². The first-order valence-electron chi connectivity index (χ1n) is 7.41. The predicted octanol–water partition coefficient (Wildman–Crippen LogP) is 3.79. The van der Waals surface area contributed by atoms with E-state index in [1.165, 1.54) is 0 Å². The van der Waals surface area contributed by atoms with E-state index in [9.17, 15) is 9.90 Å². The summed E-state index contributed by atoms with van der Waals surface area (Å²) in [6.45, 7) is 6.25. The average Bonchev–Trinajstić information content (AvgIpc) is 2.90. The summed E-state index contributed by atoms with van der Waals surface area (Å²) >= 11 is 3.37. The van der Waals surface area contributed by atoms with Gasteiger partial charge in [0.15, 0.2) is 0 Å². The highest BCUT2D eigenvalue weighted by molar-refractivity contribution is 9.10. The molecule has 21 heavy (non-hydrogen) atoms. The Morgan fingerprint density at radius 1 is 1.29 bits per heavy atom. The van der Waals surface area contributed by atoms with Gasteiger partial charge in [-0.1, -0.05) is 26.0 Å². The number of rotatable bonds is 2. The van der Waals surface area contributed by atoms with Crippen LogP contribution in [0.5, 0.6) is 0 Å². The third kappa shape index (κ3) is 2.53. The number of halogens is 1. The van der Waals surface area contributed by atoms with E-state index in [2.05, 4.69) is 29.8 Å². The lowest BCUT2D eigenvalue weighted by Crippen LogP contribution is -2.45. The van der Waals surface area contributed by atoms with Crippen molar-refractivity contribution in [3.63, 3.8) is 0 Å². The van der Waals surface area contributed by atoms with Gasteiger partial charge in [-0.15, -0.1) is 0 Å². The fraction of sp³-hybridized carbons (Fsp3) is 0.588. The maximum absolute atomic E-state index is 12.3. The number of hydrogen-bond acceptors (Lipinski definition) is 3. The largest absolute Gasteiger partial charge is 0.456 e. The van der Waals surface area contributed by atoms with Crippen molar-refractivity contribution in [2.24, 2.45) is 17.3 Å². The Balaban J connectivity index is 1.75. The van der Waals surface area contributed by atoms with Crippen LogP contribution >= 0.6 is 15.9 Å². The van der Waals surface area contributed by atoms with E-state index in [1.54, 1.807) is 19.1 Å². The van der Waals surface area contributed by atoms with Crippen molar-refractivity contribution in [3.8, 4) is 0 Å². The summed E-state index contributed by atoms with van der Waals surface area (Å²) < 4.78 is 6.36. The molecule has 114 valence electrons. The van der Waals surface area contributed by atoms with Crippen LogP contribution in [-0.2, 0) is 4.74 Å². The minimum absolute atomic E-state index is 0.262. The molecule has 0 bridgehead atoms. The highest BCUT2D eigenvalue weighted by Crippen LogP contribution is 2.66. The minimum atomic E-state index is -0.939. The summed E-state index contributed by atoms with van der Waals surface area (Å²) in [4.78, 5) is 12.3. The predicted molar refractivity (Wildman–Crippen MR) is 84.0 cm³/mol. The smallest absolute Gasteiger partial charge is 0.339 e. The van der Waals surface area contributed by atoms with Crippen molar-refractivity contribution in [3.05, 3.63) is 34.3 Å². The Kier molecular flexibility index (Phi) is 3.45. The lowest BCUT2D eigenvalue weighted by atomic mass is 9.83. The van der Waals surface area contributed by atoms with Gasteiger partial charge in [-0.3, -0.25) is 0 Å². The molecular weight excluding hydrogens is 332 g/mol. The molecule has 3 nitrogen and oxygen atoms in total. The molecule has 0 amide bonds. The molecule has 0 radical (unpaired) electrons. The Bertz CT molecular complexity index is 579. The van der Waals surface area contributed by atoms with Gasteiger partial charge in [0.1, 0.15) is 6.10 Å². The third-order valence-electron chi connectivity index (χ3n) is 5.43. The van der Waals surface area contributed by atoms with E-state index >= 15 is 0 Å². The van der Waals surface area contributed by atoms with Gasteiger partial charge in [0.25, 0.3) is 0 Å². The molecule has 4 atom stereocenters. The van der Waals surface area contributed by atoms with Crippen LogP contribution in [0.2, 0.25) is 0 Å². The fourth-order valence-corrected chi connectivity index (χ4v) is 4.23.